The molecule has 8 nitrogen and oxygen atoms in total. The van der Waals surface area contributed by atoms with Crippen molar-refractivity contribution in [2.24, 2.45) is 7.05 Å². The van der Waals surface area contributed by atoms with Crippen molar-refractivity contribution in [1.29, 1.82) is 0 Å². The lowest BCUT2D eigenvalue weighted by Gasteiger charge is -2.08. The number of hydrogen-bond acceptors (Lipinski definition) is 7. The molecule has 19 heavy (non-hydrogen) atoms. The van der Waals surface area contributed by atoms with Crippen molar-refractivity contribution >= 4 is 17.6 Å². The highest BCUT2D eigenvalue weighted by Gasteiger charge is 2.03. The maximum Gasteiger partial charge on any atom is 0.223 e. The van der Waals surface area contributed by atoms with Crippen LogP contribution in [0.3, 0.4) is 0 Å². The van der Waals surface area contributed by atoms with Gasteiger partial charge in [0.15, 0.2) is 5.82 Å². The Morgan fingerprint density at radius 2 is 2.00 bits per heavy atom. The van der Waals surface area contributed by atoms with Crippen LogP contribution in [-0.4, -0.2) is 31.3 Å². The van der Waals surface area contributed by atoms with Gasteiger partial charge < -0.3 is 16.4 Å². The smallest absolute Gasteiger partial charge is 0.223 e. The molecule has 0 radical (unpaired) electrons. The number of nitrogens with two attached hydrogens (primary N) is 1. The van der Waals surface area contributed by atoms with Crippen LogP contribution in [0, 0.1) is 0 Å². The van der Waals surface area contributed by atoms with Crippen LogP contribution in [0.2, 0.25) is 0 Å². The normalized spacial score (nSPS) is 10.4. The number of rotatable bonds is 6. The second-order valence-electron chi connectivity index (χ2n) is 4.11. The van der Waals surface area contributed by atoms with Gasteiger partial charge in [-0.05, 0) is 6.42 Å². The Morgan fingerprint density at radius 3 is 2.63 bits per heavy atom. The van der Waals surface area contributed by atoms with E-state index in [2.05, 4.69) is 37.6 Å². The molecule has 0 unspecified atom stereocenters. The number of hydrogen-bond donors (Lipinski definition) is 3. The molecular weight excluding hydrogens is 244 g/mol. The summed E-state index contributed by atoms with van der Waals surface area (Å²) >= 11 is 0. The van der Waals surface area contributed by atoms with Crippen LogP contribution >= 0.6 is 0 Å². The van der Waals surface area contributed by atoms with Gasteiger partial charge in [-0.3, -0.25) is 4.68 Å². The lowest BCUT2D eigenvalue weighted by molar-refractivity contribution is 0.747. The van der Waals surface area contributed by atoms with Crippen LogP contribution in [0.1, 0.15) is 19.2 Å². The number of anilines is 3. The molecule has 2 aromatic rings. The Hall–Kier alpha value is -2.38. The van der Waals surface area contributed by atoms with E-state index in [0.717, 1.165) is 13.0 Å². The molecule has 0 fully saturated rings. The van der Waals surface area contributed by atoms with E-state index >= 15 is 0 Å². The summed E-state index contributed by atoms with van der Waals surface area (Å²) in [5, 5.41) is 10.5. The molecular formula is C11H18N8. The minimum Gasteiger partial charge on any atom is -0.370 e. The molecule has 0 saturated heterocycles. The van der Waals surface area contributed by atoms with Gasteiger partial charge in [-0.15, -0.1) is 0 Å². The number of aromatic nitrogens is 5. The van der Waals surface area contributed by atoms with E-state index < -0.39 is 0 Å². The fourth-order valence-electron chi connectivity index (χ4n) is 1.53. The second kappa shape index (κ2) is 5.98. The molecule has 102 valence electrons. The van der Waals surface area contributed by atoms with Crippen molar-refractivity contribution in [2.75, 3.05) is 22.9 Å². The Kier molecular flexibility index (Phi) is 4.11. The zero-order chi connectivity index (χ0) is 13.7. The predicted octanol–water partition coefficient (Wildman–Crippen LogP) is 0.621. The van der Waals surface area contributed by atoms with Crippen molar-refractivity contribution in [3.63, 3.8) is 0 Å². The molecule has 2 rings (SSSR count). The topological polar surface area (TPSA) is 107 Å². The standard InChI is InChI=1S/C11H18N8/c1-3-4-13-8-5-9(17-11(12)16-8)14-6-10-15-7-19(2)18-10/h5,7H,3-4,6H2,1-2H3,(H4,12,13,14,16,17). The monoisotopic (exact) mass is 262 g/mol. The first kappa shape index (κ1) is 13.1. The zero-order valence-corrected chi connectivity index (χ0v) is 11.1. The molecule has 0 saturated carbocycles. The van der Waals surface area contributed by atoms with Crippen molar-refractivity contribution < 1.29 is 0 Å². The van der Waals surface area contributed by atoms with Crippen LogP contribution in [0.4, 0.5) is 17.6 Å². The molecule has 0 aliphatic carbocycles. The maximum absolute atomic E-state index is 5.67. The van der Waals surface area contributed by atoms with Gasteiger partial charge in [-0.1, -0.05) is 6.92 Å². The highest BCUT2D eigenvalue weighted by atomic mass is 15.3. The summed E-state index contributed by atoms with van der Waals surface area (Å²) in [4.78, 5) is 12.4. The lowest BCUT2D eigenvalue weighted by Crippen LogP contribution is -2.09. The van der Waals surface area contributed by atoms with E-state index in [0.29, 0.717) is 24.0 Å². The zero-order valence-electron chi connectivity index (χ0n) is 11.1. The number of nitrogens with zero attached hydrogens (tertiary/aromatic N) is 5. The Labute approximate surface area is 111 Å². The first-order chi connectivity index (χ1) is 9.17. The van der Waals surface area contributed by atoms with Crippen LogP contribution in [-0.2, 0) is 13.6 Å². The third kappa shape index (κ3) is 3.80. The number of nitrogens with one attached hydrogen (secondary N) is 2. The van der Waals surface area contributed by atoms with Crippen LogP contribution in [0.15, 0.2) is 12.4 Å². The fraction of sp³-hybridized carbons (Fsp3) is 0.455. The van der Waals surface area contributed by atoms with E-state index in [1.807, 2.05) is 13.1 Å². The molecule has 4 N–H and O–H groups in total. The summed E-state index contributed by atoms with van der Waals surface area (Å²) in [5.41, 5.74) is 5.67. The van der Waals surface area contributed by atoms with E-state index in [1.165, 1.54) is 0 Å². The molecule has 2 aromatic heterocycles. The van der Waals surface area contributed by atoms with E-state index in [9.17, 15) is 0 Å². The summed E-state index contributed by atoms with van der Waals surface area (Å²) in [6.07, 6.45) is 2.67. The molecule has 0 aliphatic rings. The number of nitrogen functional groups attached to an aromatic ring is 1. The molecule has 0 amide bonds. The highest BCUT2D eigenvalue weighted by Crippen LogP contribution is 2.12. The van der Waals surface area contributed by atoms with Gasteiger partial charge in [0.05, 0.1) is 6.54 Å². The first-order valence-corrected chi connectivity index (χ1v) is 6.14. The molecule has 8 heteroatoms. The average molecular weight is 262 g/mol. The van der Waals surface area contributed by atoms with Crippen LogP contribution in [0.25, 0.3) is 0 Å². The minimum atomic E-state index is 0.234. The highest BCUT2D eigenvalue weighted by molar-refractivity contribution is 5.50. The Morgan fingerprint density at radius 1 is 1.26 bits per heavy atom. The summed E-state index contributed by atoms with van der Waals surface area (Å²) in [6.45, 7) is 3.42. The van der Waals surface area contributed by atoms with Gasteiger partial charge in [0, 0.05) is 19.7 Å². The molecule has 2 heterocycles. The summed E-state index contributed by atoms with van der Waals surface area (Å²) in [5.74, 6) is 2.30. The van der Waals surface area contributed by atoms with Gasteiger partial charge >= 0.3 is 0 Å². The maximum atomic E-state index is 5.67. The molecule has 0 atom stereocenters. The third-order valence-corrected chi connectivity index (χ3v) is 2.37. The minimum absolute atomic E-state index is 0.234. The molecule has 0 aliphatic heterocycles. The Bertz CT molecular complexity index is 535. The number of aryl methyl sites for hydroxylation is 1. The first-order valence-electron chi connectivity index (χ1n) is 6.14. The van der Waals surface area contributed by atoms with Crippen LogP contribution in [0.5, 0.6) is 0 Å². The van der Waals surface area contributed by atoms with Crippen molar-refractivity contribution in [2.45, 2.75) is 19.9 Å². The second-order valence-corrected chi connectivity index (χ2v) is 4.11. The van der Waals surface area contributed by atoms with Gasteiger partial charge in [0.1, 0.15) is 18.0 Å². The SMILES string of the molecule is CCCNc1cc(NCc2ncn(C)n2)nc(N)n1. The van der Waals surface area contributed by atoms with Crippen molar-refractivity contribution in [3.8, 4) is 0 Å². The fourth-order valence-corrected chi connectivity index (χ4v) is 1.53. The molecule has 0 spiro atoms. The molecule has 0 bridgehead atoms. The third-order valence-electron chi connectivity index (χ3n) is 2.37. The average Bonchev–Trinajstić information content (AvgIpc) is 2.79. The Balaban J connectivity index is 2.01. The molecule has 0 aromatic carbocycles. The van der Waals surface area contributed by atoms with E-state index in [4.69, 9.17) is 5.73 Å². The predicted molar refractivity (Wildman–Crippen MR) is 73.6 cm³/mol. The van der Waals surface area contributed by atoms with Gasteiger partial charge in [-0.2, -0.15) is 15.1 Å². The summed E-state index contributed by atoms with van der Waals surface area (Å²) in [7, 11) is 1.83. The van der Waals surface area contributed by atoms with Crippen molar-refractivity contribution in [3.05, 3.63) is 18.2 Å². The largest absolute Gasteiger partial charge is 0.370 e. The van der Waals surface area contributed by atoms with Gasteiger partial charge in [0.2, 0.25) is 5.95 Å². The van der Waals surface area contributed by atoms with Crippen LogP contribution < -0.4 is 16.4 Å². The quantitative estimate of drug-likeness (QED) is 0.700. The summed E-state index contributed by atoms with van der Waals surface area (Å²) < 4.78 is 1.65. The van der Waals surface area contributed by atoms with Crippen molar-refractivity contribution in [1.82, 2.24) is 24.7 Å². The lowest BCUT2D eigenvalue weighted by atomic mass is 10.4. The van der Waals surface area contributed by atoms with E-state index in [1.54, 1.807) is 11.0 Å². The van der Waals surface area contributed by atoms with E-state index in [-0.39, 0.29) is 5.95 Å². The van der Waals surface area contributed by atoms with Gasteiger partial charge in [-0.25, -0.2) is 4.98 Å². The summed E-state index contributed by atoms with van der Waals surface area (Å²) in [6, 6.07) is 1.81. The van der Waals surface area contributed by atoms with Gasteiger partial charge in [0.25, 0.3) is 0 Å².